The maximum Gasteiger partial charge on any atom is 0.0468 e. The predicted octanol–water partition coefficient (Wildman–Crippen LogP) is 12.7. The molecule has 0 spiro atoms. The van der Waals surface area contributed by atoms with Gasteiger partial charge in [0.2, 0.25) is 0 Å². The van der Waals surface area contributed by atoms with Crippen molar-refractivity contribution in [2.75, 3.05) is 4.90 Å². The van der Waals surface area contributed by atoms with Gasteiger partial charge in [-0.25, -0.2) is 0 Å². The van der Waals surface area contributed by atoms with Crippen molar-refractivity contribution in [3.8, 4) is 11.1 Å². The van der Waals surface area contributed by atoms with Crippen LogP contribution in [0.1, 0.15) is 0 Å². The van der Waals surface area contributed by atoms with E-state index in [0.29, 0.717) is 0 Å². The number of thiophene rings is 2. The summed E-state index contributed by atoms with van der Waals surface area (Å²) in [6.07, 6.45) is 0. The maximum absolute atomic E-state index is 2.37. The molecule has 0 unspecified atom stereocenters. The predicted molar refractivity (Wildman–Crippen MR) is 190 cm³/mol. The summed E-state index contributed by atoms with van der Waals surface area (Å²) in [6, 6.07) is 55.3. The number of benzene rings is 7. The molecule has 0 N–H and O–H groups in total. The molecule has 0 fully saturated rings. The second-order valence-corrected chi connectivity index (χ2v) is 13.1. The highest BCUT2D eigenvalue weighted by Crippen LogP contribution is 2.43. The molecule has 43 heavy (non-hydrogen) atoms. The van der Waals surface area contributed by atoms with E-state index in [2.05, 4.69) is 157 Å². The number of para-hydroxylation sites is 1. The van der Waals surface area contributed by atoms with Gasteiger partial charge in [0.25, 0.3) is 0 Å². The Balaban J connectivity index is 1.20. The molecule has 0 bridgehead atoms. The molecule has 1 nitrogen and oxygen atoms in total. The Hall–Kier alpha value is -4.96. The summed E-state index contributed by atoms with van der Waals surface area (Å²) >= 11 is 3.75. The Morgan fingerprint density at radius 3 is 1.88 bits per heavy atom. The van der Waals surface area contributed by atoms with E-state index in [4.69, 9.17) is 0 Å². The number of fused-ring (bicyclic) bond motifs is 8. The first-order valence-electron chi connectivity index (χ1n) is 14.5. The average Bonchev–Trinajstić information content (AvgIpc) is 3.65. The van der Waals surface area contributed by atoms with E-state index in [1.54, 1.807) is 0 Å². The molecule has 3 heteroatoms. The first-order chi connectivity index (χ1) is 21.3. The van der Waals surface area contributed by atoms with E-state index >= 15 is 0 Å². The molecule has 0 atom stereocenters. The normalized spacial score (nSPS) is 11.7. The van der Waals surface area contributed by atoms with Crippen molar-refractivity contribution >= 4 is 90.9 Å². The van der Waals surface area contributed by atoms with Crippen LogP contribution in [0.15, 0.2) is 152 Å². The summed E-state index contributed by atoms with van der Waals surface area (Å²) in [5.41, 5.74) is 5.96. The van der Waals surface area contributed by atoms with Crippen LogP contribution in [0.5, 0.6) is 0 Å². The minimum atomic E-state index is 1.14. The second kappa shape index (κ2) is 9.81. The minimum Gasteiger partial charge on any atom is -0.310 e. The Bertz CT molecular complexity index is 2450. The van der Waals surface area contributed by atoms with Crippen molar-refractivity contribution < 1.29 is 0 Å². The summed E-state index contributed by atoms with van der Waals surface area (Å²) < 4.78 is 5.34. The fourth-order valence-electron chi connectivity index (χ4n) is 6.46. The SMILES string of the molecule is c1ccc(N(c2ccc(-c3cccc4c3sc3ccccc34)cc2)c2ccc3ccc4sc5ccccc5c4c3c2)cc1. The molecule has 2 heterocycles. The third-order valence-corrected chi connectivity index (χ3v) is 10.8. The van der Waals surface area contributed by atoms with E-state index in [1.807, 2.05) is 22.7 Å². The van der Waals surface area contributed by atoms with Crippen molar-refractivity contribution in [3.63, 3.8) is 0 Å². The molecule has 0 radical (unpaired) electrons. The average molecular weight is 584 g/mol. The Morgan fingerprint density at radius 2 is 1.05 bits per heavy atom. The highest BCUT2D eigenvalue weighted by atomic mass is 32.1. The number of hydrogen-bond acceptors (Lipinski definition) is 3. The molecular formula is C40H25NS2. The lowest BCUT2D eigenvalue weighted by molar-refractivity contribution is 1.29. The fraction of sp³-hybridized carbons (Fsp3) is 0. The number of anilines is 3. The van der Waals surface area contributed by atoms with Gasteiger partial charge in [0.1, 0.15) is 0 Å². The molecule has 9 aromatic rings. The lowest BCUT2D eigenvalue weighted by Gasteiger charge is -2.26. The Kier molecular flexibility index (Phi) is 5.62. The van der Waals surface area contributed by atoms with Crippen molar-refractivity contribution in [1.82, 2.24) is 0 Å². The number of hydrogen-bond donors (Lipinski definition) is 0. The van der Waals surface area contributed by atoms with Gasteiger partial charge in [-0.15, -0.1) is 22.7 Å². The molecule has 0 aliphatic heterocycles. The van der Waals surface area contributed by atoms with Crippen LogP contribution in [0.4, 0.5) is 17.1 Å². The van der Waals surface area contributed by atoms with Gasteiger partial charge >= 0.3 is 0 Å². The van der Waals surface area contributed by atoms with E-state index < -0.39 is 0 Å². The van der Waals surface area contributed by atoms with Crippen LogP contribution >= 0.6 is 22.7 Å². The smallest absolute Gasteiger partial charge is 0.0468 e. The third-order valence-electron chi connectivity index (χ3n) is 8.46. The summed E-state index contributed by atoms with van der Waals surface area (Å²) in [5, 5.41) is 7.90. The van der Waals surface area contributed by atoms with Crippen molar-refractivity contribution in [1.29, 1.82) is 0 Å². The molecule has 0 amide bonds. The maximum atomic E-state index is 2.37. The molecule has 9 rings (SSSR count). The molecule has 7 aromatic carbocycles. The van der Waals surface area contributed by atoms with Gasteiger partial charge in [0.15, 0.2) is 0 Å². The van der Waals surface area contributed by atoms with Crippen molar-refractivity contribution in [2.45, 2.75) is 0 Å². The second-order valence-electron chi connectivity index (χ2n) is 10.9. The lowest BCUT2D eigenvalue weighted by atomic mass is 10.0. The molecule has 0 aliphatic carbocycles. The summed E-state index contributed by atoms with van der Waals surface area (Å²) in [6.45, 7) is 0. The van der Waals surface area contributed by atoms with Gasteiger partial charge in [-0.05, 0) is 76.5 Å². The van der Waals surface area contributed by atoms with Gasteiger partial charge in [-0.2, -0.15) is 0 Å². The highest BCUT2D eigenvalue weighted by Gasteiger charge is 2.16. The zero-order valence-corrected chi connectivity index (χ0v) is 24.8. The standard InChI is InChI=1S/C40H25NS2/c1-2-9-28(10-3-1)41(30-23-19-27-20-24-38-39(35(27)25-30)34-12-5-7-16-37(34)42-38)29-21-17-26(18-22-29)31-13-8-14-33-32-11-4-6-15-36(32)43-40(31)33/h1-25H. The summed E-state index contributed by atoms with van der Waals surface area (Å²) in [5.74, 6) is 0. The van der Waals surface area contributed by atoms with E-state index in [0.717, 1.165) is 17.1 Å². The molecule has 0 saturated carbocycles. The number of nitrogens with zero attached hydrogens (tertiary/aromatic N) is 1. The van der Waals surface area contributed by atoms with Crippen LogP contribution in [0.25, 0.3) is 62.2 Å². The molecule has 2 aromatic heterocycles. The van der Waals surface area contributed by atoms with Crippen molar-refractivity contribution in [3.05, 3.63) is 152 Å². The van der Waals surface area contributed by atoms with Gasteiger partial charge in [0, 0.05) is 57.4 Å². The summed E-state index contributed by atoms with van der Waals surface area (Å²) in [7, 11) is 0. The zero-order chi connectivity index (χ0) is 28.3. The molecular weight excluding hydrogens is 559 g/mol. The first-order valence-corrected chi connectivity index (χ1v) is 16.1. The Labute approximate surface area is 257 Å². The van der Waals surface area contributed by atoms with E-state index in [9.17, 15) is 0 Å². The van der Waals surface area contributed by atoms with E-state index in [1.165, 1.54) is 62.2 Å². The quantitative estimate of drug-likeness (QED) is 0.199. The third kappa shape index (κ3) is 3.97. The largest absolute Gasteiger partial charge is 0.310 e. The zero-order valence-electron chi connectivity index (χ0n) is 23.2. The van der Waals surface area contributed by atoms with E-state index in [-0.39, 0.29) is 0 Å². The highest BCUT2D eigenvalue weighted by molar-refractivity contribution is 7.26. The Morgan fingerprint density at radius 1 is 0.395 bits per heavy atom. The minimum absolute atomic E-state index is 1.14. The van der Waals surface area contributed by atoms with Crippen LogP contribution in [-0.4, -0.2) is 0 Å². The van der Waals surface area contributed by atoms with Crippen LogP contribution in [0.3, 0.4) is 0 Å². The van der Waals surface area contributed by atoms with Crippen molar-refractivity contribution in [2.24, 2.45) is 0 Å². The summed E-state index contributed by atoms with van der Waals surface area (Å²) in [4.78, 5) is 2.37. The topological polar surface area (TPSA) is 3.24 Å². The number of rotatable bonds is 4. The lowest BCUT2D eigenvalue weighted by Crippen LogP contribution is -2.09. The van der Waals surface area contributed by atoms with Crippen LogP contribution < -0.4 is 4.90 Å². The van der Waals surface area contributed by atoms with Gasteiger partial charge in [0.05, 0.1) is 0 Å². The van der Waals surface area contributed by atoms with Crippen LogP contribution in [0, 0.1) is 0 Å². The van der Waals surface area contributed by atoms with Crippen LogP contribution in [-0.2, 0) is 0 Å². The van der Waals surface area contributed by atoms with Crippen LogP contribution in [0.2, 0.25) is 0 Å². The van der Waals surface area contributed by atoms with Gasteiger partial charge in [-0.3, -0.25) is 0 Å². The monoisotopic (exact) mass is 583 g/mol. The fourth-order valence-corrected chi connectivity index (χ4v) is 8.82. The first kappa shape index (κ1) is 24.6. The molecule has 202 valence electrons. The van der Waals surface area contributed by atoms with Gasteiger partial charge < -0.3 is 4.90 Å². The molecule has 0 saturated heterocycles. The molecule has 0 aliphatic rings. The van der Waals surface area contributed by atoms with Gasteiger partial charge in [-0.1, -0.05) is 97.1 Å².